The van der Waals surface area contributed by atoms with Gasteiger partial charge in [0.05, 0.1) is 12.2 Å². The number of nitrogens with zero attached hydrogens (tertiary/aromatic N) is 3. The van der Waals surface area contributed by atoms with Crippen molar-refractivity contribution >= 4 is 5.91 Å². The highest BCUT2D eigenvalue weighted by Crippen LogP contribution is 2.21. The molecular weight excluding hydrogens is 294 g/mol. The molecule has 120 valence electrons. The van der Waals surface area contributed by atoms with E-state index in [0.717, 1.165) is 5.69 Å². The zero-order chi connectivity index (χ0) is 16.2. The monoisotopic (exact) mass is 313 g/mol. The van der Waals surface area contributed by atoms with Gasteiger partial charge in [0, 0.05) is 19.0 Å². The van der Waals surface area contributed by atoms with Crippen LogP contribution in [0.2, 0.25) is 0 Å². The second-order valence-corrected chi connectivity index (χ2v) is 5.64. The van der Waals surface area contributed by atoms with Crippen molar-refractivity contribution in [2.24, 2.45) is 0 Å². The van der Waals surface area contributed by atoms with E-state index >= 15 is 0 Å². The Morgan fingerprint density at radius 3 is 2.74 bits per heavy atom. The van der Waals surface area contributed by atoms with E-state index in [0.29, 0.717) is 31.0 Å². The Morgan fingerprint density at radius 2 is 2.04 bits per heavy atom. The minimum Gasteiger partial charge on any atom is -0.471 e. The number of ether oxygens (including phenoxy) is 1. The van der Waals surface area contributed by atoms with Crippen LogP contribution in [0.1, 0.15) is 23.8 Å². The van der Waals surface area contributed by atoms with Gasteiger partial charge in [-0.15, -0.1) is 5.10 Å². The van der Waals surface area contributed by atoms with Crippen LogP contribution >= 0.6 is 0 Å². The van der Waals surface area contributed by atoms with Crippen LogP contribution in [0.25, 0.3) is 0 Å². The number of aliphatic hydroxyl groups excluding tert-OH is 1. The molecule has 1 aromatic carbocycles. The average molecular weight is 313 g/mol. The summed E-state index contributed by atoms with van der Waals surface area (Å²) in [5.74, 6) is 0.163. The summed E-state index contributed by atoms with van der Waals surface area (Å²) in [6.45, 7) is 2.86. The van der Waals surface area contributed by atoms with Crippen LogP contribution in [-0.4, -0.2) is 45.3 Å². The molecule has 1 saturated heterocycles. The lowest BCUT2D eigenvalue weighted by Gasteiger charge is -2.20. The van der Waals surface area contributed by atoms with Gasteiger partial charge < -0.3 is 14.7 Å². The zero-order valence-corrected chi connectivity index (χ0v) is 12.9. The average Bonchev–Trinajstić information content (AvgIpc) is 3.05. The molecule has 2 aromatic rings. The normalized spacial score (nSPS) is 18.7. The molecule has 6 nitrogen and oxygen atoms in total. The van der Waals surface area contributed by atoms with Gasteiger partial charge in [0.2, 0.25) is 5.88 Å². The third-order valence-corrected chi connectivity index (χ3v) is 3.87. The van der Waals surface area contributed by atoms with Gasteiger partial charge >= 0.3 is 0 Å². The van der Waals surface area contributed by atoms with Crippen molar-refractivity contribution in [3.8, 4) is 5.88 Å². The van der Waals surface area contributed by atoms with E-state index in [1.54, 1.807) is 35.2 Å². The highest BCUT2D eigenvalue weighted by Gasteiger charge is 2.31. The minimum absolute atomic E-state index is 0.126. The van der Waals surface area contributed by atoms with Gasteiger partial charge in [0.15, 0.2) is 6.10 Å². The number of aromatic nitrogens is 2. The van der Waals surface area contributed by atoms with E-state index in [9.17, 15) is 9.90 Å². The summed E-state index contributed by atoms with van der Waals surface area (Å²) in [5, 5.41) is 18.1. The molecule has 1 aliphatic rings. The predicted molar refractivity (Wildman–Crippen MR) is 83.8 cm³/mol. The smallest absolute Gasteiger partial charge is 0.256 e. The number of likely N-dealkylation sites (tertiary alicyclic amines) is 1. The molecule has 23 heavy (non-hydrogen) atoms. The summed E-state index contributed by atoms with van der Waals surface area (Å²) < 4.78 is 5.75. The van der Waals surface area contributed by atoms with Gasteiger partial charge in [-0.2, -0.15) is 5.10 Å². The molecule has 1 amide bonds. The molecular formula is C17H19N3O3. The summed E-state index contributed by atoms with van der Waals surface area (Å²) in [6.07, 6.45) is -0.545. The number of aryl methyl sites for hydroxylation is 1. The molecule has 0 aliphatic carbocycles. The zero-order valence-electron chi connectivity index (χ0n) is 12.9. The van der Waals surface area contributed by atoms with Crippen molar-refractivity contribution in [3.05, 3.63) is 53.7 Å². The predicted octanol–water partition coefficient (Wildman–Crippen LogP) is 1.50. The van der Waals surface area contributed by atoms with Crippen LogP contribution in [0, 0.1) is 6.92 Å². The van der Waals surface area contributed by atoms with E-state index in [4.69, 9.17) is 4.74 Å². The molecule has 1 aromatic heterocycles. The topological polar surface area (TPSA) is 75.5 Å². The first-order chi connectivity index (χ1) is 11.1. The fourth-order valence-corrected chi connectivity index (χ4v) is 2.60. The molecule has 6 heteroatoms. The maximum Gasteiger partial charge on any atom is 0.256 e. The molecule has 1 fully saturated rings. The molecule has 1 N–H and O–H groups in total. The van der Waals surface area contributed by atoms with Crippen LogP contribution in [0.4, 0.5) is 0 Å². The number of aliphatic hydroxyl groups is 1. The fourth-order valence-electron chi connectivity index (χ4n) is 2.60. The summed E-state index contributed by atoms with van der Waals surface area (Å²) in [6, 6.07) is 12.5. The number of benzene rings is 1. The highest BCUT2D eigenvalue weighted by molar-refractivity contribution is 5.82. The quantitative estimate of drug-likeness (QED) is 0.926. The van der Waals surface area contributed by atoms with E-state index in [1.165, 1.54) is 0 Å². The Balaban J connectivity index is 1.58. The number of amides is 1. The molecule has 2 atom stereocenters. The molecule has 3 rings (SSSR count). The summed E-state index contributed by atoms with van der Waals surface area (Å²) in [7, 11) is 0. The third-order valence-electron chi connectivity index (χ3n) is 3.87. The first-order valence-corrected chi connectivity index (χ1v) is 7.62. The molecule has 1 aliphatic heterocycles. The van der Waals surface area contributed by atoms with Crippen molar-refractivity contribution in [1.82, 2.24) is 15.1 Å². The molecule has 2 heterocycles. The van der Waals surface area contributed by atoms with Crippen molar-refractivity contribution in [1.29, 1.82) is 0 Å². The number of carbonyl (C=O) groups is 1. The van der Waals surface area contributed by atoms with Gasteiger partial charge in [-0.05, 0) is 18.6 Å². The van der Waals surface area contributed by atoms with Crippen molar-refractivity contribution in [2.45, 2.75) is 25.6 Å². The Labute approximate surface area is 134 Å². The van der Waals surface area contributed by atoms with Crippen LogP contribution in [0.5, 0.6) is 5.88 Å². The Kier molecular flexibility index (Phi) is 4.52. The maximum absolute atomic E-state index is 12.4. The second kappa shape index (κ2) is 6.75. The van der Waals surface area contributed by atoms with Gasteiger partial charge in [-0.3, -0.25) is 4.79 Å². The van der Waals surface area contributed by atoms with E-state index in [1.807, 2.05) is 19.1 Å². The van der Waals surface area contributed by atoms with Crippen LogP contribution < -0.4 is 4.74 Å². The summed E-state index contributed by atoms with van der Waals surface area (Å²) in [5.41, 5.74) is 1.43. The fraction of sp³-hybridized carbons (Fsp3) is 0.353. The number of carbonyl (C=O) groups excluding carboxylic acids is 1. The largest absolute Gasteiger partial charge is 0.471 e. The third kappa shape index (κ3) is 3.65. The van der Waals surface area contributed by atoms with Gasteiger partial charge in [-0.1, -0.05) is 30.3 Å². The van der Waals surface area contributed by atoms with Gasteiger partial charge in [0.25, 0.3) is 5.91 Å². The maximum atomic E-state index is 12.4. The van der Waals surface area contributed by atoms with E-state index < -0.39 is 6.10 Å². The van der Waals surface area contributed by atoms with E-state index in [2.05, 4.69) is 10.2 Å². The van der Waals surface area contributed by atoms with Crippen LogP contribution in [-0.2, 0) is 4.79 Å². The van der Waals surface area contributed by atoms with Crippen molar-refractivity contribution in [2.75, 3.05) is 13.1 Å². The van der Waals surface area contributed by atoms with E-state index in [-0.39, 0.29) is 12.0 Å². The number of rotatable bonds is 4. The van der Waals surface area contributed by atoms with Gasteiger partial charge in [-0.25, -0.2) is 0 Å². The van der Waals surface area contributed by atoms with Crippen LogP contribution in [0.15, 0.2) is 42.5 Å². The molecule has 0 radical (unpaired) electrons. The first-order valence-electron chi connectivity index (χ1n) is 7.62. The summed E-state index contributed by atoms with van der Waals surface area (Å²) in [4.78, 5) is 14.0. The van der Waals surface area contributed by atoms with Gasteiger partial charge in [0.1, 0.15) is 6.10 Å². The lowest BCUT2D eigenvalue weighted by molar-refractivity contribution is -0.139. The molecule has 0 bridgehead atoms. The highest BCUT2D eigenvalue weighted by atomic mass is 16.5. The van der Waals surface area contributed by atoms with Crippen molar-refractivity contribution < 1.29 is 14.6 Å². The SMILES string of the molecule is Cc1ccc(O[C@@H]2CCN(C(=O)[C@H](O)c3ccccc3)C2)nn1. The first kappa shape index (κ1) is 15.4. The van der Waals surface area contributed by atoms with Crippen LogP contribution in [0.3, 0.4) is 0 Å². The number of hydrogen-bond donors (Lipinski definition) is 1. The Bertz CT molecular complexity index is 661. The van der Waals surface area contributed by atoms with Crippen molar-refractivity contribution in [3.63, 3.8) is 0 Å². The Morgan fingerprint density at radius 1 is 1.26 bits per heavy atom. The lowest BCUT2D eigenvalue weighted by Crippen LogP contribution is -2.34. The minimum atomic E-state index is -1.13. The Hall–Kier alpha value is -2.47. The lowest BCUT2D eigenvalue weighted by atomic mass is 10.1. The molecule has 0 unspecified atom stereocenters. The standard InChI is InChI=1S/C17H19N3O3/c1-12-7-8-15(19-18-12)23-14-9-10-20(11-14)17(22)16(21)13-5-3-2-4-6-13/h2-8,14,16,21H,9-11H2,1H3/t14-,16-/m1/s1. The number of hydrogen-bond acceptors (Lipinski definition) is 5. The molecule has 0 saturated carbocycles. The molecule has 0 spiro atoms. The summed E-state index contributed by atoms with van der Waals surface area (Å²) >= 11 is 0. The second-order valence-electron chi connectivity index (χ2n) is 5.64.